The van der Waals surface area contributed by atoms with Crippen molar-refractivity contribution in [2.24, 2.45) is 0 Å². The van der Waals surface area contributed by atoms with Gasteiger partial charge in [-0.3, -0.25) is 4.79 Å². The number of carbonyl (C=O) groups excluding carboxylic acids is 1. The van der Waals surface area contributed by atoms with Crippen LogP contribution in [0.25, 0.3) is 0 Å². The molecule has 0 aliphatic heterocycles. The summed E-state index contributed by atoms with van der Waals surface area (Å²) < 4.78 is 22.3. The Morgan fingerprint density at radius 3 is 2.18 bits per heavy atom. The highest BCUT2D eigenvalue weighted by atomic mass is 35.5. The van der Waals surface area contributed by atoms with Crippen LogP contribution < -0.4 is 24.3 Å². The van der Waals surface area contributed by atoms with E-state index in [0.717, 1.165) is 16.9 Å². The number of methoxy groups -OCH3 is 3. The van der Waals surface area contributed by atoms with Gasteiger partial charge in [-0.15, -0.1) is 0 Å². The van der Waals surface area contributed by atoms with Crippen LogP contribution in [0.4, 0.5) is 5.69 Å². The zero-order valence-electron chi connectivity index (χ0n) is 20.3. The predicted octanol–water partition coefficient (Wildman–Crippen LogP) is 6.49. The largest absolute Gasteiger partial charge is 0.496 e. The summed E-state index contributed by atoms with van der Waals surface area (Å²) in [5, 5.41) is 3.25. The molecule has 0 atom stereocenters. The van der Waals surface area contributed by atoms with Gasteiger partial charge in [-0.25, -0.2) is 0 Å². The molecule has 3 aromatic rings. The summed E-state index contributed by atoms with van der Waals surface area (Å²) in [7, 11) is 4.60. The fourth-order valence-corrected chi connectivity index (χ4v) is 3.78. The number of para-hydroxylation sites is 1. The molecule has 0 spiro atoms. The van der Waals surface area contributed by atoms with E-state index < -0.39 is 0 Å². The third kappa shape index (κ3) is 5.75. The lowest BCUT2D eigenvalue weighted by molar-refractivity contribution is 0.102. The molecule has 0 saturated carbocycles. The van der Waals surface area contributed by atoms with Gasteiger partial charge in [-0.1, -0.05) is 50.6 Å². The van der Waals surface area contributed by atoms with E-state index in [-0.39, 0.29) is 17.9 Å². The highest BCUT2D eigenvalue weighted by Crippen LogP contribution is 2.36. The number of carbonyl (C=O) groups is 1. The first kappa shape index (κ1) is 25.2. The van der Waals surface area contributed by atoms with Gasteiger partial charge >= 0.3 is 0 Å². The van der Waals surface area contributed by atoms with E-state index in [9.17, 15) is 4.79 Å². The molecule has 0 bridgehead atoms. The van der Waals surface area contributed by atoms with Crippen molar-refractivity contribution in [3.63, 3.8) is 0 Å². The van der Waals surface area contributed by atoms with Crippen LogP contribution in [-0.2, 0) is 12.0 Å². The zero-order chi connectivity index (χ0) is 24.9. The van der Waals surface area contributed by atoms with Crippen LogP contribution in [0.2, 0.25) is 5.02 Å². The van der Waals surface area contributed by atoms with E-state index in [1.165, 1.54) is 14.2 Å². The Bertz CT molecular complexity index is 1170. The first-order valence-corrected chi connectivity index (χ1v) is 11.2. The molecular weight excluding hydrogens is 454 g/mol. The van der Waals surface area contributed by atoms with Crippen LogP contribution in [0.1, 0.15) is 42.3 Å². The van der Waals surface area contributed by atoms with Crippen LogP contribution >= 0.6 is 11.6 Å². The van der Waals surface area contributed by atoms with Gasteiger partial charge in [0.25, 0.3) is 5.91 Å². The normalized spacial score (nSPS) is 11.0. The first-order chi connectivity index (χ1) is 16.2. The maximum Gasteiger partial charge on any atom is 0.255 e. The summed E-state index contributed by atoms with van der Waals surface area (Å²) in [6.07, 6.45) is 0. The summed E-state index contributed by atoms with van der Waals surface area (Å²) in [4.78, 5) is 13.1. The van der Waals surface area contributed by atoms with Crippen LogP contribution in [0.15, 0.2) is 54.6 Å². The first-order valence-electron chi connectivity index (χ1n) is 10.8. The second-order valence-electron chi connectivity index (χ2n) is 8.70. The molecule has 0 fully saturated rings. The van der Waals surface area contributed by atoms with E-state index in [2.05, 4.69) is 32.2 Å². The Morgan fingerprint density at radius 1 is 0.853 bits per heavy atom. The van der Waals surface area contributed by atoms with Crippen molar-refractivity contribution >= 4 is 23.2 Å². The molecule has 34 heavy (non-hydrogen) atoms. The van der Waals surface area contributed by atoms with Crippen molar-refractivity contribution < 1.29 is 23.7 Å². The summed E-state index contributed by atoms with van der Waals surface area (Å²) in [5.74, 6) is 1.97. The molecule has 0 aliphatic rings. The molecule has 0 aromatic heterocycles. The molecule has 0 unspecified atom stereocenters. The minimum Gasteiger partial charge on any atom is -0.496 e. The Hall–Kier alpha value is -3.38. The molecule has 1 N–H and O–H groups in total. The number of rotatable bonds is 8. The Kier molecular flexibility index (Phi) is 7.94. The van der Waals surface area contributed by atoms with Gasteiger partial charge in [0.2, 0.25) is 0 Å². The van der Waals surface area contributed by atoms with Crippen molar-refractivity contribution in [2.75, 3.05) is 26.6 Å². The van der Waals surface area contributed by atoms with Crippen LogP contribution in [-0.4, -0.2) is 27.2 Å². The third-order valence-corrected chi connectivity index (χ3v) is 5.64. The molecule has 1 amide bonds. The zero-order valence-corrected chi connectivity index (χ0v) is 21.1. The topological polar surface area (TPSA) is 66.0 Å². The van der Waals surface area contributed by atoms with Crippen molar-refractivity contribution in [3.8, 4) is 23.0 Å². The second-order valence-corrected chi connectivity index (χ2v) is 9.11. The van der Waals surface area contributed by atoms with Crippen LogP contribution in [0.3, 0.4) is 0 Å². The summed E-state index contributed by atoms with van der Waals surface area (Å²) in [5.41, 5.74) is 2.67. The maximum atomic E-state index is 13.1. The third-order valence-electron chi connectivity index (χ3n) is 5.34. The number of amides is 1. The number of ether oxygens (including phenoxy) is 4. The molecule has 0 radical (unpaired) electrons. The maximum absolute atomic E-state index is 13.1. The number of benzene rings is 3. The van der Waals surface area contributed by atoms with Gasteiger partial charge in [0.1, 0.15) is 29.6 Å². The number of nitrogens with one attached hydrogen (secondary N) is 1. The predicted molar refractivity (Wildman–Crippen MR) is 135 cm³/mol. The average molecular weight is 484 g/mol. The monoisotopic (exact) mass is 483 g/mol. The average Bonchev–Trinajstić information content (AvgIpc) is 2.82. The Labute approximate surface area is 205 Å². The van der Waals surface area contributed by atoms with Crippen molar-refractivity contribution in [1.82, 2.24) is 0 Å². The van der Waals surface area contributed by atoms with E-state index in [4.69, 9.17) is 30.5 Å². The van der Waals surface area contributed by atoms with Crippen LogP contribution in [0, 0.1) is 0 Å². The van der Waals surface area contributed by atoms with Gasteiger partial charge in [-0.2, -0.15) is 0 Å². The van der Waals surface area contributed by atoms with Gasteiger partial charge < -0.3 is 24.3 Å². The minimum absolute atomic E-state index is 0.0683. The Balaban J connectivity index is 1.86. The molecule has 0 saturated heterocycles. The molecule has 6 nitrogen and oxygen atoms in total. The molecule has 3 aromatic carbocycles. The molecular formula is C27H30ClNO5. The van der Waals surface area contributed by atoms with Crippen LogP contribution in [0.5, 0.6) is 23.0 Å². The van der Waals surface area contributed by atoms with Gasteiger partial charge in [0.05, 0.1) is 32.0 Å². The SMILES string of the molecule is COc1cc(NC(=O)c2ccc(OC)c(COc3ccccc3C(C)(C)C)c2)c(OC)cc1Cl. The van der Waals surface area contributed by atoms with E-state index in [1.54, 1.807) is 37.4 Å². The van der Waals surface area contributed by atoms with Crippen molar-refractivity contribution in [2.45, 2.75) is 32.8 Å². The number of halogens is 1. The number of anilines is 1. The summed E-state index contributed by atoms with van der Waals surface area (Å²) in [6, 6.07) is 16.4. The second kappa shape index (κ2) is 10.7. The fraction of sp³-hybridized carbons (Fsp3) is 0.296. The standard InChI is InChI=1S/C27H30ClNO5/c1-27(2,3)19-9-7-8-10-23(19)34-16-18-13-17(11-12-22(18)31-4)26(30)29-21-15-24(32-5)20(28)14-25(21)33-6/h7-15H,16H2,1-6H3,(H,29,30). The Morgan fingerprint density at radius 2 is 1.53 bits per heavy atom. The van der Waals surface area contributed by atoms with E-state index in [1.807, 2.05) is 18.2 Å². The molecule has 180 valence electrons. The lowest BCUT2D eigenvalue weighted by Gasteiger charge is -2.23. The summed E-state index contributed by atoms with van der Waals surface area (Å²) >= 11 is 6.17. The minimum atomic E-state index is -0.318. The quantitative estimate of drug-likeness (QED) is 0.396. The van der Waals surface area contributed by atoms with Crippen molar-refractivity contribution in [3.05, 3.63) is 76.3 Å². The molecule has 3 rings (SSSR count). The van der Waals surface area contributed by atoms with Gasteiger partial charge in [0, 0.05) is 23.3 Å². The van der Waals surface area contributed by atoms with Gasteiger partial charge in [-0.05, 0) is 35.2 Å². The number of hydrogen-bond acceptors (Lipinski definition) is 5. The molecule has 7 heteroatoms. The van der Waals surface area contributed by atoms with E-state index >= 15 is 0 Å². The molecule has 0 heterocycles. The fourth-order valence-electron chi connectivity index (χ4n) is 3.55. The lowest BCUT2D eigenvalue weighted by atomic mass is 9.86. The lowest BCUT2D eigenvalue weighted by Crippen LogP contribution is -2.15. The highest BCUT2D eigenvalue weighted by molar-refractivity contribution is 6.32. The van der Waals surface area contributed by atoms with Gasteiger partial charge in [0.15, 0.2) is 0 Å². The van der Waals surface area contributed by atoms with E-state index in [0.29, 0.717) is 33.5 Å². The summed E-state index contributed by atoms with van der Waals surface area (Å²) in [6.45, 7) is 6.66. The number of hydrogen-bond donors (Lipinski definition) is 1. The molecule has 0 aliphatic carbocycles. The highest BCUT2D eigenvalue weighted by Gasteiger charge is 2.19. The van der Waals surface area contributed by atoms with Crippen molar-refractivity contribution in [1.29, 1.82) is 0 Å². The smallest absolute Gasteiger partial charge is 0.255 e.